The molecule has 0 spiro atoms. The Bertz CT molecular complexity index is 1010. The van der Waals surface area contributed by atoms with Crippen LogP contribution in [0.15, 0.2) is 60.7 Å². The van der Waals surface area contributed by atoms with Gasteiger partial charge in [0.2, 0.25) is 0 Å². The van der Waals surface area contributed by atoms with Crippen molar-refractivity contribution in [2.75, 3.05) is 13.1 Å². The molecule has 1 aliphatic rings. The molecule has 0 saturated carbocycles. The van der Waals surface area contributed by atoms with Crippen LogP contribution in [-0.4, -0.2) is 46.7 Å². The van der Waals surface area contributed by atoms with E-state index in [0.717, 1.165) is 16.6 Å². The maximum Gasteiger partial charge on any atom is 0.387 e. The number of halogens is 2. The van der Waals surface area contributed by atoms with Crippen LogP contribution in [0.1, 0.15) is 16.1 Å². The molecule has 5 nitrogen and oxygen atoms in total. The standard InChI is InChI=1S/C22H20F2N2O3/c23-22(24)29-18-9-6-15(7-10-18)21(28)26-12-16(20(27)13-26)11-17-8-5-14-3-1-2-4-19(14)25-17/h1-10,16,20,22,27H,11-13H2/t16-,20-/m1/s1. The fourth-order valence-corrected chi connectivity index (χ4v) is 3.67. The molecule has 2 heterocycles. The van der Waals surface area contributed by atoms with E-state index in [4.69, 9.17) is 0 Å². The third-order valence-electron chi connectivity index (χ3n) is 5.15. The van der Waals surface area contributed by atoms with Crippen LogP contribution in [0.4, 0.5) is 8.78 Å². The van der Waals surface area contributed by atoms with Crippen LogP contribution in [0.25, 0.3) is 10.9 Å². The number of nitrogens with zero attached hydrogens (tertiary/aromatic N) is 2. The van der Waals surface area contributed by atoms with E-state index < -0.39 is 12.7 Å². The number of aliphatic hydroxyl groups excluding tert-OH is 1. The van der Waals surface area contributed by atoms with Crippen molar-refractivity contribution in [3.63, 3.8) is 0 Å². The molecule has 2 aromatic carbocycles. The Morgan fingerprint density at radius 3 is 2.62 bits per heavy atom. The van der Waals surface area contributed by atoms with Gasteiger partial charge in [-0.3, -0.25) is 9.78 Å². The summed E-state index contributed by atoms with van der Waals surface area (Å²) in [6, 6.07) is 17.4. The number of fused-ring (bicyclic) bond motifs is 1. The van der Waals surface area contributed by atoms with E-state index >= 15 is 0 Å². The highest BCUT2D eigenvalue weighted by atomic mass is 19.3. The molecule has 1 aromatic heterocycles. The fourth-order valence-electron chi connectivity index (χ4n) is 3.67. The zero-order valence-electron chi connectivity index (χ0n) is 15.5. The van der Waals surface area contributed by atoms with Gasteiger partial charge in [0, 0.05) is 35.7 Å². The van der Waals surface area contributed by atoms with Crippen LogP contribution in [0.3, 0.4) is 0 Å². The molecule has 150 valence electrons. The molecule has 29 heavy (non-hydrogen) atoms. The number of ether oxygens (including phenoxy) is 1. The molecule has 1 saturated heterocycles. The van der Waals surface area contributed by atoms with Crippen LogP contribution < -0.4 is 4.74 Å². The molecule has 0 bridgehead atoms. The summed E-state index contributed by atoms with van der Waals surface area (Å²) in [4.78, 5) is 18.9. The lowest BCUT2D eigenvalue weighted by Gasteiger charge is -2.16. The lowest BCUT2D eigenvalue weighted by Crippen LogP contribution is -2.29. The summed E-state index contributed by atoms with van der Waals surface area (Å²) in [5.74, 6) is -0.367. The Morgan fingerprint density at radius 2 is 1.86 bits per heavy atom. The van der Waals surface area contributed by atoms with Crippen molar-refractivity contribution in [3.8, 4) is 5.75 Å². The van der Waals surface area contributed by atoms with Gasteiger partial charge in [0.25, 0.3) is 5.91 Å². The van der Waals surface area contributed by atoms with Crippen molar-refractivity contribution < 1.29 is 23.4 Å². The molecule has 4 rings (SSSR count). The number of alkyl halides is 2. The monoisotopic (exact) mass is 398 g/mol. The van der Waals surface area contributed by atoms with E-state index in [9.17, 15) is 18.7 Å². The molecule has 0 radical (unpaired) electrons. The average Bonchev–Trinajstić information content (AvgIpc) is 3.08. The third kappa shape index (κ3) is 4.35. The second-order valence-electron chi connectivity index (χ2n) is 7.14. The van der Waals surface area contributed by atoms with Gasteiger partial charge in [-0.2, -0.15) is 8.78 Å². The van der Waals surface area contributed by atoms with Gasteiger partial charge >= 0.3 is 6.61 Å². The Balaban J connectivity index is 1.42. The summed E-state index contributed by atoms with van der Waals surface area (Å²) < 4.78 is 28.8. The number of carbonyl (C=O) groups is 1. The minimum Gasteiger partial charge on any atom is -0.435 e. The number of hydrogen-bond acceptors (Lipinski definition) is 4. The molecule has 2 atom stereocenters. The summed E-state index contributed by atoms with van der Waals surface area (Å²) >= 11 is 0. The van der Waals surface area contributed by atoms with Gasteiger partial charge in [0.05, 0.1) is 11.6 Å². The minimum absolute atomic E-state index is 0.00161. The molecular formula is C22H20F2N2O3. The molecule has 0 unspecified atom stereocenters. The number of aliphatic hydroxyl groups is 1. The summed E-state index contributed by atoms with van der Waals surface area (Å²) in [7, 11) is 0. The smallest absolute Gasteiger partial charge is 0.387 e. The summed E-state index contributed by atoms with van der Waals surface area (Å²) in [6.07, 6.45) is -0.0783. The molecule has 0 aliphatic carbocycles. The summed E-state index contributed by atoms with van der Waals surface area (Å²) in [6.45, 7) is -2.27. The van der Waals surface area contributed by atoms with E-state index in [1.165, 1.54) is 24.3 Å². The summed E-state index contributed by atoms with van der Waals surface area (Å²) in [5.41, 5.74) is 2.13. The Hall–Kier alpha value is -3.06. The first-order valence-corrected chi connectivity index (χ1v) is 9.36. The highest BCUT2D eigenvalue weighted by Gasteiger charge is 2.34. The average molecular weight is 398 g/mol. The van der Waals surface area contributed by atoms with Gasteiger partial charge in [-0.05, 0) is 42.8 Å². The van der Waals surface area contributed by atoms with Crippen LogP contribution in [0.2, 0.25) is 0 Å². The highest BCUT2D eigenvalue weighted by molar-refractivity contribution is 5.94. The van der Waals surface area contributed by atoms with Crippen molar-refractivity contribution in [3.05, 3.63) is 71.9 Å². The first-order valence-electron chi connectivity index (χ1n) is 9.36. The largest absolute Gasteiger partial charge is 0.435 e. The van der Waals surface area contributed by atoms with Crippen LogP contribution >= 0.6 is 0 Å². The van der Waals surface area contributed by atoms with Gasteiger partial charge in [-0.1, -0.05) is 24.3 Å². The van der Waals surface area contributed by atoms with Gasteiger partial charge in [0.15, 0.2) is 0 Å². The molecule has 1 N–H and O–H groups in total. The Labute approximate surface area is 166 Å². The SMILES string of the molecule is O=C(c1ccc(OC(F)F)cc1)N1C[C@@H](Cc2ccc3ccccc3n2)[C@H](O)C1. The number of carbonyl (C=O) groups excluding carboxylic acids is 1. The van der Waals surface area contributed by atoms with E-state index in [1.807, 2.05) is 36.4 Å². The van der Waals surface area contributed by atoms with Crippen LogP contribution in [0.5, 0.6) is 5.75 Å². The molecule has 7 heteroatoms. The van der Waals surface area contributed by atoms with Crippen molar-refractivity contribution in [1.82, 2.24) is 9.88 Å². The number of pyridine rings is 1. The predicted molar refractivity (Wildman–Crippen MR) is 104 cm³/mol. The number of β-amino-alcohol motifs (C(OH)–C–C–N with tert-alkyl or cyclic N) is 1. The maximum absolute atomic E-state index is 12.7. The number of amides is 1. The number of rotatable bonds is 5. The van der Waals surface area contributed by atoms with E-state index in [-0.39, 0.29) is 24.1 Å². The van der Waals surface area contributed by atoms with Gasteiger partial charge < -0.3 is 14.7 Å². The van der Waals surface area contributed by atoms with Crippen molar-refractivity contribution in [2.45, 2.75) is 19.1 Å². The molecule has 1 fully saturated rings. The zero-order valence-corrected chi connectivity index (χ0v) is 15.5. The zero-order chi connectivity index (χ0) is 20.4. The van der Waals surface area contributed by atoms with E-state index in [1.54, 1.807) is 4.90 Å². The van der Waals surface area contributed by atoms with Crippen molar-refractivity contribution in [1.29, 1.82) is 0 Å². The fraction of sp³-hybridized carbons (Fsp3) is 0.273. The quantitative estimate of drug-likeness (QED) is 0.715. The number of aromatic nitrogens is 1. The summed E-state index contributed by atoms with van der Waals surface area (Å²) in [5, 5.41) is 11.5. The molecule has 1 aliphatic heterocycles. The lowest BCUT2D eigenvalue weighted by atomic mass is 9.99. The second-order valence-corrected chi connectivity index (χ2v) is 7.14. The number of para-hydroxylation sites is 1. The number of likely N-dealkylation sites (tertiary alicyclic amines) is 1. The van der Waals surface area contributed by atoms with Crippen LogP contribution in [0, 0.1) is 5.92 Å². The molecule has 1 amide bonds. The normalized spacial score (nSPS) is 19.1. The number of hydrogen-bond donors (Lipinski definition) is 1. The third-order valence-corrected chi connectivity index (χ3v) is 5.15. The van der Waals surface area contributed by atoms with Crippen LogP contribution in [-0.2, 0) is 6.42 Å². The lowest BCUT2D eigenvalue weighted by molar-refractivity contribution is -0.0498. The molecule has 3 aromatic rings. The molecular weight excluding hydrogens is 378 g/mol. The maximum atomic E-state index is 12.7. The minimum atomic E-state index is -2.91. The van der Waals surface area contributed by atoms with E-state index in [2.05, 4.69) is 9.72 Å². The topological polar surface area (TPSA) is 62.7 Å². The Morgan fingerprint density at radius 1 is 1.10 bits per heavy atom. The first-order chi connectivity index (χ1) is 14.0. The van der Waals surface area contributed by atoms with Gasteiger partial charge in [-0.15, -0.1) is 0 Å². The first kappa shape index (κ1) is 19.3. The highest BCUT2D eigenvalue weighted by Crippen LogP contribution is 2.24. The second kappa shape index (κ2) is 8.13. The van der Waals surface area contributed by atoms with Crippen molar-refractivity contribution >= 4 is 16.8 Å². The number of benzene rings is 2. The predicted octanol–water partition coefficient (Wildman–Crippen LogP) is 3.51. The van der Waals surface area contributed by atoms with Gasteiger partial charge in [-0.25, -0.2) is 0 Å². The van der Waals surface area contributed by atoms with Gasteiger partial charge in [0.1, 0.15) is 5.75 Å². The van der Waals surface area contributed by atoms with Crippen molar-refractivity contribution in [2.24, 2.45) is 5.92 Å². The van der Waals surface area contributed by atoms with E-state index in [0.29, 0.717) is 18.5 Å². The Kier molecular flexibility index (Phi) is 5.40.